The van der Waals surface area contributed by atoms with Crippen molar-refractivity contribution in [1.82, 2.24) is 4.31 Å². The van der Waals surface area contributed by atoms with Crippen molar-refractivity contribution in [1.29, 1.82) is 0 Å². The van der Waals surface area contributed by atoms with E-state index in [4.69, 9.17) is 9.47 Å². The number of anilines is 1. The summed E-state index contributed by atoms with van der Waals surface area (Å²) in [5, 5.41) is 2.45. The van der Waals surface area contributed by atoms with E-state index in [-0.39, 0.29) is 16.3 Å². The van der Waals surface area contributed by atoms with Crippen molar-refractivity contribution < 1.29 is 35.9 Å². The average molecular weight is 472 g/mol. The molecule has 0 aliphatic carbocycles. The molecular weight excluding hydrogens is 449 g/mol. The van der Waals surface area contributed by atoms with Crippen LogP contribution in [0.25, 0.3) is 0 Å². The highest BCUT2D eigenvalue weighted by Crippen LogP contribution is 2.36. The van der Waals surface area contributed by atoms with Crippen LogP contribution in [-0.2, 0) is 21.0 Å². The van der Waals surface area contributed by atoms with Gasteiger partial charge in [0.1, 0.15) is 11.5 Å². The number of benzene rings is 2. The fourth-order valence-corrected chi connectivity index (χ4v) is 4.90. The third-order valence-electron chi connectivity index (χ3n) is 4.95. The summed E-state index contributed by atoms with van der Waals surface area (Å²) < 4.78 is 76.7. The van der Waals surface area contributed by atoms with Crippen LogP contribution >= 0.6 is 0 Å². The van der Waals surface area contributed by atoms with Crippen LogP contribution in [-0.4, -0.2) is 45.4 Å². The van der Waals surface area contributed by atoms with Gasteiger partial charge in [-0.05, 0) is 43.2 Å². The van der Waals surface area contributed by atoms with Crippen LogP contribution in [0.1, 0.15) is 24.8 Å². The molecule has 0 spiro atoms. The molecule has 2 aromatic rings. The summed E-state index contributed by atoms with van der Waals surface area (Å²) in [6, 6.07) is 8.61. The maximum absolute atomic E-state index is 13.1. The fraction of sp³-hybridized carbons (Fsp3) is 0.381. The molecule has 1 N–H and O–H groups in total. The van der Waals surface area contributed by atoms with Crippen LogP contribution < -0.4 is 14.8 Å². The Kier molecular flexibility index (Phi) is 7.29. The molecule has 1 aliphatic rings. The number of nitrogens with one attached hydrogen (secondary N) is 1. The zero-order chi connectivity index (χ0) is 23.4. The van der Waals surface area contributed by atoms with Crippen molar-refractivity contribution in [3.8, 4) is 11.5 Å². The standard InChI is InChI=1S/C21H23F3N2O5S/c1-30-19-10-9-15(32(28,29)26-11-5-2-6-12-26)13-17(19)25-20(27)14-31-18-8-4-3-7-16(18)21(22,23)24/h3-4,7-10,13H,2,5-6,11-12,14H2,1H3,(H,25,27). The van der Waals surface area contributed by atoms with Crippen molar-refractivity contribution in [3.63, 3.8) is 0 Å². The minimum Gasteiger partial charge on any atom is -0.495 e. The van der Waals surface area contributed by atoms with Gasteiger partial charge in [0.2, 0.25) is 10.0 Å². The number of nitrogens with zero attached hydrogens (tertiary/aromatic N) is 1. The quantitative estimate of drug-likeness (QED) is 0.661. The van der Waals surface area contributed by atoms with Gasteiger partial charge in [-0.15, -0.1) is 0 Å². The Morgan fingerprint density at radius 1 is 1.06 bits per heavy atom. The van der Waals surface area contributed by atoms with Gasteiger partial charge in [-0.25, -0.2) is 8.42 Å². The smallest absolute Gasteiger partial charge is 0.419 e. The lowest BCUT2D eigenvalue weighted by molar-refractivity contribution is -0.139. The molecular formula is C21H23F3N2O5S. The Morgan fingerprint density at radius 2 is 1.75 bits per heavy atom. The van der Waals surface area contributed by atoms with E-state index in [2.05, 4.69) is 5.32 Å². The number of carbonyl (C=O) groups excluding carboxylic acids is 1. The highest BCUT2D eigenvalue weighted by atomic mass is 32.2. The van der Waals surface area contributed by atoms with Gasteiger partial charge in [-0.1, -0.05) is 18.6 Å². The first-order valence-electron chi connectivity index (χ1n) is 9.90. The van der Waals surface area contributed by atoms with Crippen molar-refractivity contribution in [2.75, 3.05) is 32.1 Å². The molecule has 1 saturated heterocycles. The second kappa shape index (κ2) is 9.78. The first-order valence-corrected chi connectivity index (χ1v) is 11.3. The fourth-order valence-electron chi connectivity index (χ4n) is 3.36. The highest BCUT2D eigenvalue weighted by Gasteiger charge is 2.34. The SMILES string of the molecule is COc1ccc(S(=O)(=O)N2CCCCC2)cc1NC(=O)COc1ccccc1C(F)(F)F. The van der Waals surface area contributed by atoms with Crippen molar-refractivity contribution in [3.05, 3.63) is 48.0 Å². The number of rotatable bonds is 7. The third-order valence-corrected chi connectivity index (χ3v) is 6.84. The lowest BCUT2D eigenvalue weighted by atomic mass is 10.2. The monoisotopic (exact) mass is 472 g/mol. The van der Waals surface area contributed by atoms with E-state index in [1.54, 1.807) is 0 Å². The Labute approximate surface area is 184 Å². The first-order chi connectivity index (χ1) is 15.1. The molecule has 0 bridgehead atoms. The number of para-hydroxylation sites is 1. The third kappa shape index (κ3) is 5.52. The summed E-state index contributed by atoms with van der Waals surface area (Å²) in [4.78, 5) is 12.3. The van der Waals surface area contributed by atoms with Gasteiger partial charge >= 0.3 is 6.18 Å². The van der Waals surface area contributed by atoms with E-state index in [1.807, 2.05) is 0 Å². The minimum absolute atomic E-state index is 0.0150. The number of hydrogen-bond donors (Lipinski definition) is 1. The topological polar surface area (TPSA) is 84.9 Å². The lowest BCUT2D eigenvalue weighted by Crippen LogP contribution is -2.35. The Balaban J connectivity index is 1.75. The van der Waals surface area contributed by atoms with Crippen LogP contribution in [0.5, 0.6) is 11.5 Å². The molecule has 1 aliphatic heterocycles. The first kappa shape index (κ1) is 23.9. The van der Waals surface area contributed by atoms with Crippen molar-refractivity contribution in [2.24, 2.45) is 0 Å². The molecule has 1 heterocycles. The van der Waals surface area contributed by atoms with E-state index in [0.29, 0.717) is 13.1 Å². The molecule has 7 nitrogen and oxygen atoms in total. The van der Waals surface area contributed by atoms with E-state index in [0.717, 1.165) is 31.4 Å². The van der Waals surface area contributed by atoms with E-state index >= 15 is 0 Å². The summed E-state index contributed by atoms with van der Waals surface area (Å²) >= 11 is 0. The van der Waals surface area contributed by atoms with Gasteiger partial charge in [-0.3, -0.25) is 4.79 Å². The van der Waals surface area contributed by atoms with Gasteiger partial charge in [0.25, 0.3) is 5.91 Å². The van der Waals surface area contributed by atoms with Gasteiger partial charge in [-0.2, -0.15) is 17.5 Å². The number of amides is 1. The summed E-state index contributed by atoms with van der Waals surface area (Å²) in [6.07, 6.45) is -2.12. The summed E-state index contributed by atoms with van der Waals surface area (Å²) in [6.45, 7) is 0.129. The Hall–Kier alpha value is -2.79. The molecule has 174 valence electrons. The number of alkyl halides is 3. The second-order valence-corrected chi connectivity index (χ2v) is 9.10. The van der Waals surface area contributed by atoms with Crippen LogP contribution in [0, 0.1) is 0 Å². The minimum atomic E-state index is -4.63. The molecule has 0 unspecified atom stereocenters. The predicted octanol–water partition coefficient (Wildman–Crippen LogP) is 3.91. The number of piperidine rings is 1. The summed E-state index contributed by atoms with van der Waals surface area (Å²) in [5.74, 6) is -1.05. The van der Waals surface area contributed by atoms with Gasteiger partial charge in [0.05, 0.1) is 23.3 Å². The molecule has 11 heteroatoms. The van der Waals surface area contributed by atoms with Gasteiger partial charge in [0, 0.05) is 13.1 Å². The molecule has 0 atom stereocenters. The zero-order valence-corrected chi connectivity index (χ0v) is 18.1. The predicted molar refractivity (Wildman–Crippen MR) is 111 cm³/mol. The van der Waals surface area contributed by atoms with Gasteiger partial charge < -0.3 is 14.8 Å². The molecule has 1 fully saturated rings. The van der Waals surface area contributed by atoms with Crippen molar-refractivity contribution >= 4 is 21.6 Å². The van der Waals surface area contributed by atoms with Gasteiger partial charge in [0.15, 0.2) is 6.61 Å². The summed E-state index contributed by atoms with van der Waals surface area (Å²) in [5.41, 5.74) is -0.928. The van der Waals surface area contributed by atoms with Crippen molar-refractivity contribution in [2.45, 2.75) is 30.3 Å². The van der Waals surface area contributed by atoms with Crippen LogP contribution in [0.4, 0.5) is 18.9 Å². The normalized spacial score (nSPS) is 15.2. The van der Waals surface area contributed by atoms with E-state index in [9.17, 15) is 26.4 Å². The Bertz CT molecular complexity index is 1070. The van der Waals surface area contributed by atoms with E-state index in [1.165, 1.54) is 41.7 Å². The van der Waals surface area contributed by atoms with E-state index < -0.39 is 40.0 Å². The number of ether oxygens (including phenoxy) is 2. The molecule has 3 rings (SSSR count). The number of carbonyl (C=O) groups is 1. The molecule has 0 saturated carbocycles. The zero-order valence-electron chi connectivity index (χ0n) is 17.3. The molecule has 32 heavy (non-hydrogen) atoms. The molecule has 0 radical (unpaired) electrons. The molecule has 1 amide bonds. The number of halogens is 3. The maximum Gasteiger partial charge on any atom is 0.419 e. The Morgan fingerprint density at radius 3 is 2.41 bits per heavy atom. The number of methoxy groups -OCH3 is 1. The maximum atomic E-state index is 13.1. The molecule has 2 aromatic carbocycles. The lowest BCUT2D eigenvalue weighted by Gasteiger charge is -2.26. The number of hydrogen-bond acceptors (Lipinski definition) is 5. The van der Waals surface area contributed by atoms with Crippen LogP contribution in [0.2, 0.25) is 0 Å². The number of sulfonamides is 1. The highest BCUT2D eigenvalue weighted by molar-refractivity contribution is 7.89. The molecule has 0 aromatic heterocycles. The van der Waals surface area contributed by atoms with Crippen LogP contribution in [0.15, 0.2) is 47.4 Å². The summed E-state index contributed by atoms with van der Waals surface area (Å²) in [7, 11) is -2.41. The second-order valence-electron chi connectivity index (χ2n) is 7.16. The average Bonchev–Trinajstić information content (AvgIpc) is 2.78. The largest absolute Gasteiger partial charge is 0.495 e. The van der Waals surface area contributed by atoms with Crippen LogP contribution in [0.3, 0.4) is 0 Å².